The molecule has 2 aliphatic heterocycles. The van der Waals surface area contributed by atoms with Crippen molar-refractivity contribution in [1.29, 1.82) is 0 Å². The van der Waals surface area contributed by atoms with Crippen LogP contribution >= 0.6 is 0 Å². The summed E-state index contributed by atoms with van der Waals surface area (Å²) in [6, 6.07) is 5.99. The van der Waals surface area contributed by atoms with Crippen molar-refractivity contribution in [2.24, 2.45) is 0 Å². The molecule has 1 fully saturated rings. The van der Waals surface area contributed by atoms with Crippen LogP contribution in [0, 0.1) is 6.92 Å². The molecule has 3 heterocycles. The number of amides is 1. The van der Waals surface area contributed by atoms with Gasteiger partial charge in [0.15, 0.2) is 0 Å². The Labute approximate surface area is 160 Å². The molecular formula is C21H27N3O3. The average Bonchev–Trinajstić information content (AvgIpc) is 3.13. The van der Waals surface area contributed by atoms with Gasteiger partial charge in [-0.3, -0.25) is 9.48 Å². The predicted molar refractivity (Wildman–Crippen MR) is 102 cm³/mol. The summed E-state index contributed by atoms with van der Waals surface area (Å²) in [4.78, 5) is 14.9. The number of fused-ring (bicyclic) bond motifs is 2. The maximum absolute atomic E-state index is 12.9. The molecule has 0 radical (unpaired) electrons. The van der Waals surface area contributed by atoms with E-state index in [9.17, 15) is 4.79 Å². The van der Waals surface area contributed by atoms with Crippen LogP contribution in [0.4, 0.5) is 0 Å². The van der Waals surface area contributed by atoms with Gasteiger partial charge in [0.05, 0.1) is 25.5 Å². The average molecular weight is 369 g/mol. The van der Waals surface area contributed by atoms with Gasteiger partial charge < -0.3 is 14.4 Å². The van der Waals surface area contributed by atoms with Crippen LogP contribution in [0.1, 0.15) is 42.5 Å². The molecule has 1 spiro atoms. The Morgan fingerprint density at radius 2 is 2.11 bits per heavy atom. The van der Waals surface area contributed by atoms with E-state index in [4.69, 9.17) is 9.47 Å². The molecule has 1 unspecified atom stereocenters. The highest BCUT2D eigenvalue weighted by atomic mass is 16.5. The second-order valence-electron chi connectivity index (χ2n) is 7.61. The van der Waals surface area contributed by atoms with Crippen LogP contribution < -0.4 is 4.74 Å². The van der Waals surface area contributed by atoms with E-state index < -0.39 is 0 Å². The zero-order chi connectivity index (χ0) is 19.0. The molecule has 6 nitrogen and oxygen atoms in total. The van der Waals surface area contributed by atoms with Gasteiger partial charge >= 0.3 is 0 Å². The number of aromatic nitrogens is 2. The van der Waals surface area contributed by atoms with E-state index >= 15 is 0 Å². The van der Waals surface area contributed by atoms with Gasteiger partial charge in [-0.2, -0.15) is 5.10 Å². The maximum Gasteiger partial charge on any atom is 0.247 e. The first-order chi connectivity index (χ1) is 13.0. The lowest BCUT2D eigenvalue weighted by molar-refractivity contribution is -0.143. The Bertz CT molecular complexity index is 837. The first-order valence-electron chi connectivity index (χ1n) is 9.63. The molecule has 1 saturated heterocycles. The van der Waals surface area contributed by atoms with Crippen LogP contribution in [0.5, 0.6) is 5.75 Å². The molecule has 0 N–H and O–H groups in total. The van der Waals surface area contributed by atoms with E-state index in [0.29, 0.717) is 13.1 Å². The number of ether oxygens (including phenoxy) is 2. The zero-order valence-electron chi connectivity index (χ0n) is 16.3. The summed E-state index contributed by atoms with van der Waals surface area (Å²) < 4.78 is 13.4. The number of rotatable bonds is 3. The highest BCUT2D eigenvalue weighted by Gasteiger charge is 2.42. The van der Waals surface area contributed by atoms with E-state index in [1.807, 2.05) is 31.0 Å². The molecule has 144 valence electrons. The number of hydrogen-bond donors (Lipinski definition) is 0. The molecule has 6 heteroatoms. The van der Waals surface area contributed by atoms with Crippen molar-refractivity contribution >= 4 is 5.91 Å². The fourth-order valence-electron chi connectivity index (χ4n) is 4.31. The Kier molecular flexibility index (Phi) is 4.68. The second kappa shape index (κ2) is 7.00. The molecule has 2 aromatic rings. The number of carbonyl (C=O) groups excluding carboxylic acids is 1. The van der Waals surface area contributed by atoms with Crippen molar-refractivity contribution in [3.8, 4) is 5.75 Å². The summed E-state index contributed by atoms with van der Waals surface area (Å²) in [5, 5.41) is 4.29. The standard InChI is InChI=1S/C21H27N3O3/c1-15-13-22-24(14-15)16(2)20(25)23-9-7-21(8-10-23)19-5-4-18(26-3)12-17(19)6-11-27-21/h4-5,12-14,16H,6-11H2,1-3H3. The number of aryl methyl sites for hydroxylation is 1. The summed E-state index contributed by atoms with van der Waals surface area (Å²) in [5.74, 6) is 1.01. The van der Waals surface area contributed by atoms with Gasteiger partial charge in [0, 0.05) is 19.3 Å². The van der Waals surface area contributed by atoms with Crippen LogP contribution in [0.15, 0.2) is 30.6 Å². The summed E-state index contributed by atoms with van der Waals surface area (Å²) in [7, 11) is 1.70. The minimum absolute atomic E-state index is 0.124. The fraction of sp³-hybridized carbons (Fsp3) is 0.524. The Morgan fingerprint density at radius 1 is 1.33 bits per heavy atom. The molecule has 0 saturated carbocycles. The van der Waals surface area contributed by atoms with Crippen molar-refractivity contribution in [2.45, 2.75) is 44.8 Å². The number of methoxy groups -OCH3 is 1. The van der Waals surface area contributed by atoms with Crippen molar-refractivity contribution in [3.63, 3.8) is 0 Å². The van der Waals surface area contributed by atoms with Gasteiger partial charge in [-0.05, 0) is 61.9 Å². The van der Waals surface area contributed by atoms with Crippen molar-refractivity contribution in [1.82, 2.24) is 14.7 Å². The summed E-state index contributed by atoms with van der Waals surface area (Å²) in [6.07, 6.45) is 6.26. The Balaban J connectivity index is 1.48. The summed E-state index contributed by atoms with van der Waals surface area (Å²) >= 11 is 0. The molecule has 1 aromatic heterocycles. The minimum atomic E-state index is -0.281. The molecule has 1 atom stereocenters. The number of benzene rings is 1. The molecule has 27 heavy (non-hydrogen) atoms. The smallest absolute Gasteiger partial charge is 0.247 e. The van der Waals surface area contributed by atoms with Crippen LogP contribution in [0.3, 0.4) is 0 Å². The van der Waals surface area contributed by atoms with Crippen molar-refractivity contribution < 1.29 is 14.3 Å². The first kappa shape index (κ1) is 18.0. The normalized spacial score (nSPS) is 19.6. The van der Waals surface area contributed by atoms with Gasteiger partial charge in [0.1, 0.15) is 11.8 Å². The second-order valence-corrected chi connectivity index (χ2v) is 7.61. The quantitative estimate of drug-likeness (QED) is 0.835. The number of piperidine rings is 1. The SMILES string of the molecule is COc1ccc2c(c1)CCOC21CCN(C(=O)C(C)n2cc(C)cn2)CC1. The molecule has 0 aliphatic carbocycles. The molecule has 2 aliphatic rings. The third-order valence-electron chi connectivity index (χ3n) is 5.92. The number of hydrogen-bond acceptors (Lipinski definition) is 4. The number of carbonyl (C=O) groups is 1. The molecule has 4 rings (SSSR count). The van der Waals surface area contributed by atoms with Crippen LogP contribution in [-0.2, 0) is 21.6 Å². The Hall–Kier alpha value is -2.34. The third kappa shape index (κ3) is 3.23. The lowest BCUT2D eigenvalue weighted by Gasteiger charge is -2.45. The van der Waals surface area contributed by atoms with Crippen molar-refractivity contribution in [2.75, 3.05) is 26.8 Å². The van der Waals surface area contributed by atoms with Crippen LogP contribution in [-0.4, -0.2) is 47.4 Å². The van der Waals surface area contributed by atoms with E-state index in [2.05, 4.69) is 17.2 Å². The molecular weight excluding hydrogens is 342 g/mol. The molecule has 1 aromatic carbocycles. The predicted octanol–water partition coefficient (Wildman–Crippen LogP) is 2.85. The molecule has 0 bridgehead atoms. The van der Waals surface area contributed by atoms with Gasteiger partial charge in [-0.25, -0.2) is 0 Å². The van der Waals surface area contributed by atoms with Crippen molar-refractivity contribution in [3.05, 3.63) is 47.3 Å². The van der Waals surface area contributed by atoms with Gasteiger partial charge in [-0.15, -0.1) is 0 Å². The fourth-order valence-corrected chi connectivity index (χ4v) is 4.31. The lowest BCUT2D eigenvalue weighted by Crippen LogP contribution is -2.49. The monoisotopic (exact) mass is 369 g/mol. The van der Waals surface area contributed by atoms with E-state index in [-0.39, 0.29) is 17.6 Å². The van der Waals surface area contributed by atoms with Crippen LogP contribution in [0.25, 0.3) is 0 Å². The zero-order valence-corrected chi connectivity index (χ0v) is 16.3. The largest absolute Gasteiger partial charge is 0.497 e. The highest BCUT2D eigenvalue weighted by Crippen LogP contribution is 2.42. The summed E-state index contributed by atoms with van der Waals surface area (Å²) in [6.45, 7) is 6.02. The number of likely N-dealkylation sites (tertiary alicyclic amines) is 1. The van der Waals surface area contributed by atoms with E-state index in [1.165, 1.54) is 11.1 Å². The molecule has 1 amide bonds. The minimum Gasteiger partial charge on any atom is -0.497 e. The third-order valence-corrected chi connectivity index (χ3v) is 5.92. The topological polar surface area (TPSA) is 56.6 Å². The summed E-state index contributed by atoms with van der Waals surface area (Å²) in [5.41, 5.74) is 3.36. The van der Waals surface area contributed by atoms with E-state index in [1.54, 1.807) is 18.0 Å². The highest BCUT2D eigenvalue weighted by molar-refractivity contribution is 5.80. The van der Waals surface area contributed by atoms with Gasteiger partial charge in [0.25, 0.3) is 0 Å². The number of nitrogens with zero attached hydrogens (tertiary/aromatic N) is 3. The van der Waals surface area contributed by atoms with E-state index in [0.717, 1.165) is 37.2 Å². The maximum atomic E-state index is 12.9. The lowest BCUT2D eigenvalue weighted by atomic mass is 9.79. The Morgan fingerprint density at radius 3 is 2.78 bits per heavy atom. The van der Waals surface area contributed by atoms with Crippen LogP contribution in [0.2, 0.25) is 0 Å². The van der Waals surface area contributed by atoms with Gasteiger partial charge in [-0.1, -0.05) is 6.07 Å². The van der Waals surface area contributed by atoms with Gasteiger partial charge in [0.2, 0.25) is 5.91 Å². The first-order valence-corrected chi connectivity index (χ1v) is 9.63.